The number of rotatable bonds is 6. The summed E-state index contributed by atoms with van der Waals surface area (Å²) in [6, 6.07) is 4.07. The van der Waals surface area contributed by atoms with Crippen molar-refractivity contribution in [3.63, 3.8) is 0 Å². The Bertz CT molecular complexity index is 675. The van der Waals surface area contributed by atoms with Crippen LogP contribution in [0.3, 0.4) is 0 Å². The molecule has 2 aromatic rings. The first kappa shape index (κ1) is 15.8. The molecule has 1 aliphatic carbocycles. The molecular weight excluding hydrogens is 326 g/mol. The van der Waals surface area contributed by atoms with Crippen molar-refractivity contribution in [3.8, 4) is 0 Å². The monoisotopic (exact) mass is 347 g/mol. The van der Waals surface area contributed by atoms with Gasteiger partial charge in [-0.15, -0.1) is 0 Å². The summed E-state index contributed by atoms with van der Waals surface area (Å²) in [5.41, 5.74) is 1.61. The van der Waals surface area contributed by atoms with E-state index < -0.39 is 0 Å². The fourth-order valence-corrected chi connectivity index (χ4v) is 3.76. The van der Waals surface area contributed by atoms with Crippen LogP contribution in [-0.2, 0) is 4.74 Å². The maximum absolute atomic E-state index is 12.4. The third kappa shape index (κ3) is 3.53. The molecule has 6 nitrogen and oxygen atoms in total. The van der Waals surface area contributed by atoms with Crippen LogP contribution >= 0.6 is 11.3 Å². The zero-order valence-electron chi connectivity index (χ0n) is 13.4. The number of morpholine rings is 1. The van der Waals surface area contributed by atoms with Crippen molar-refractivity contribution >= 4 is 17.2 Å². The summed E-state index contributed by atoms with van der Waals surface area (Å²) in [6.07, 6.45) is 2.26. The number of aromatic nitrogens is 1. The van der Waals surface area contributed by atoms with Crippen LogP contribution in [0.25, 0.3) is 0 Å². The third-order valence-electron chi connectivity index (χ3n) is 4.61. The number of ether oxygens (including phenoxy) is 1. The van der Waals surface area contributed by atoms with Crippen LogP contribution in [0.1, 0.15) is 46.6 Å². The minimum Gasteiger partial charge on any atom is -0.379 e. The molecule has 1 saturated heterocycles. The second kappa shape index (κ2) is 7.04. The number of nitrogens with zero attached hydrogens (tertiary/aromatic N) is 2. The van der Waals surface area contributed by atoms with Gasteiger partial charge in [0.05, 0.1) is 19.3 Å². The Kier molecular flexibility index (Phi) is 4.64. The largest absolute Gasteiger partial charge is 0.379 e. The van der Waals surface area contributed by atoms with Crippen molar-refractivity contribution < 1.29 is 14.1 Å². The van der Waals surface area contributed by atoms with Crippen LogP contribution in [0.2, 0.25) is 0 Å². The lowest BCUT2D eigenvalue weighted by atomic mass is 10.1. The van der Waals surface area contributed by atoms with Gasteiger partial charge in [0.1, 0.15) is 5.76 Å². The minimum atomic E-state index is -0.167. The average Bonchev–Trinajstić information content (AvgIpc) is 3.12. The van der Waals surface area contributed by atoms with Crippen LogP contribution in [0.4, 0.5) is 0 Å². The molecule has 0 radical (unpaired) electrons. The first-order valence-electron chi connectivity index (χ1n) is 8.40. The molecule has 0 unspecified atom stereocenters. The number of hydrogen-bond donors (Lipinski definition) is 1. The Morgan fingerprint density at radius 1 is 1.42 bits per heavy atom. The van der Waals surface area contributed by atoms with E-state index >= 15 is 0 Å². The topological polar surface area (TPSA) is 67.6 Å². The molecule has 1 saturated carbocycles. The standard InChI is InChI=1S/C17H21N3O3S/c21-17(14-9-16(23-19-14)12-1-2-12)18-10-15(13-3-8-24-11-13)20-4-6-22-7-5-20/h3,8-9,11-12,15H,1-2,4-7,10H2,(H,18,21)/t15-/m1/s1. The Labute approximate surface area is 144 Å². The SMILES string of the molecule is O=C(NC[C@H](c1ccsc1)N1CCOCC1)c1cc(C2CC2)on1. The van der Waals surface area contributed by atoms with Gasteiger partial charge in [-0.05, 0) is 35.2 Å². The molecule has 1 amide bonds. The summed E-state index contributed by atoms with van der Waals surface area (Å²) in [5.74, 6) is 1.13. The van der Waals surface area contributed by atoms with Gasteiger partial charge < -0.3 is 14.6 Å². The van der Waals surface area contributed by atoms with Gasteiger partial charge in [-0.2, -0.15) is 11.3 Å². The third-order valence-corrected chi connectivity index (χ3v) is 5.31. The number of amides is 1. The van der Waals surface area contributed by atoms with E-state index in [1.54, 1.807) is 17.4 Å². The molecule has 128 valence electrons. The molecule has 0 bridgehead atoms. The van der Waals surface area contributed by atoms with Crippen LogP contribution in [0, 0.1) is 0 Å². The van der Waals surface area contributed by atoms with Crippen LogP contribution in [-0.4, -0.2) is 48.8 Å². The van der Waals surface area contributed by atoms with E-state index in [9.17, 15) is 4.79 Å². The summed E-state index contributed by atoms with van der Waals surface area (Å²) in [5, 5.41) is 11.1. The molecule has 1 aliphatic heterocycles. The van der Waals surface area contributed by atoms with E-state index in [1.165, 1.54) is 5.56 Å². The second-order valence-electron chi connectivity index (χ2n) is 6.32. The first-order valence-corrected chi connectivity index (χ1v) is 9.34. The lowest BCUT2D eigenvalue weighted by molar-refractivity contribution is 0.0163. The Hall–Kier alpha value is -1.70. The van der Waals surface area contributed by atoms with E-state index in [1.807, 2.05) is 0 Å². The zero-order valence-corrected chi connectivity index (χ0v) is 14.3. The van der Waals surface area contributed by atoms with Crippen LogP contribution < -0.4 is 5.32 Å². The highest BCUT2D eigenvalue weighted by Crippen LogP contribution is 2.40. The number of carbonyl (C=O) groups is 1. The highest BCUT2D eigenvalue weighted by Gasteiger charge is 2.29. The fraction of sp³-hybridized carbons (Fsp3) is 0.529. The number of thiophene rings is 1. The van der Waals surface area contributed by atoms with E-state index in [4.69, 9.17) is 9.26 Å². The highest BCUT2D eigenvalue weighted by molar-refractivity contribution is 7.07. The maximum Gasteiger partial charge on any atom is 0.273 e. The molecule has 4 rings (SSSR count). The van der Waals surface area contributed by atoms with Gasteiger partial charge in [0, 0.05) is 31.6 Å². The minimum absolute atomic E-state index is 0.166. The first-order chi connectivity index (χ1) is 11.8. The molecule has 2 aromatic heterocycles. The van der Waals surface area contributed by atoms with Crippen molar-refractivity contribution in [2.45, 2.75) is 24.8 Å². The fourth-order valence-electron chi connectivity index (χ4n) is 3.05. The summed E-state index contributed by atoms with van der Waals surface area (Å²) >= 11 is 1.68. The van der Waals surface area contributed by atoms with Crippen molar-refractivity contribution in [2.24, 2.45) is 0 Å². The Morgan fingerprint density at radius 2 is 2.25 bits per heavy atom. The summed E-state index contributed by atoms with van der Waals surface area (Å²) < 4.78 is 10.7. The van der Waals surface area contributed by atoms with Crippen molar-refractivity contribution in [1.82, 2.24) is 15.4 Å². The van der Waals surface area contributed by atoms with E-state index in [0.29, 0.717) is 18.2 Å². The highest BCUT2D eigenvalue weighted by atomic mass is 32.1. The summed E-state index contributed by atoms with van der Waals surface area (Å²) in [6.45, 7) is 3.80. The molecule has 24 heavy (non-hydrogen) atoms. The summed E-state index contributed by atoms with van der Waals surface area (Å²) in [7, 11) is 0. The van der Waals surface area contributed by atoms with Crippen molar-refractivity contribution in [2.75, 3.05) is 32.8 Å². The maximum atomic E-state index is 12.4. The number of carbonyl (C=O) groups excluding carboxylic acids is 1. The molecule has 0 spiro atoms. The lowest BCUT2D eigenvalue weighted by Crippen LogP contribution is -2.43. The molecule has 0 aromatic carbocycles. The van der Waals surface area contributed by atoms with Crippen molar-refractivity contribution in [1.29, 1.82) is 0 Å². The van der Waals surface area contributed by atoms with E-state index in [2.05, 4.69) is 32.2 Å². The molecule has 1 atom stereocenters. The molecule has 1 N–H and O–H groups in total. The van der Waals surface area contributed by atoms with E-state index in [0.717, 1.165) is 44.9 Å². The molecule has 2 aliphatic rings. The predicted octanol–water partition coefficient (Wildman–Crippen LogP) is 2.42. The van der Waals surface area contributed by atoms with E-state index in [-0.39, 0.29) is 11.9 Å². The quantitative estimate of drug-likeness (QED) is 0.869. The van der Waals surface area contributed by atoms with Gasteiger partial charge in [-0.1, -0.05) is 5.16 Å². The molecule has 7 heteroatoms. The van der Waals surface area contributed by atoms with Gasteiger partial charge in [-0.3, -0.25) is 9.69 Å². The smallest absolute Gasteiger partial charge is 0.273 e. The van der Waals surface area contributed by atoms with Gasteiger partial charge in [0.25, 0.3) is 5.91 Å². The Balaban J connectivity index is 1.41. The van der Waals surface area contributed by atoms with Gasteiger partial charge in [0.2, 0.25) is 0 Å². The van der Waals surface area contributed by atoms with Gasteiger partial charge in [-0.25, -0.2) is 0 Å². The van der Waals surface area contributed by atoms with Gasteiger partial charge >= 0.3 is 0 Å². The number of hydrogen-bond acceptors (Lipinski definition) is 6. The molecule has 2 fully saturated rings. The van der Waals surface area contributed by atoms with Crippen molar-refractivity contribution in [3.05, 3.63) is 39.9 Å². The van der Waals surface area contributed by atoms with Gasteiger partial charge in [0.15, 0.2) is 5.69 Å². The molecular formula is C17H21N3O3S. The second-order valence-corrected chi connectivity index (χ2v) is 7.10. The lowest BCUT2D eigenvalue weighted by Gasteiger charge is -2.34. The normalized spacial score (nSPS) is 20.0. The summed E-state index contributed by atoms with van der Waals surface area (Å²) in [4.78, 5) is 14.7. The van der Waals surface area contributed by atoms with Crippen LogP contribution in [0.5, 0.6) is 0 Å². The Morgan fingerprint density at radius 3 is 2.96 bits per heavy atom. The average molecular weight is 347 g/mol. The number of nitrogens with one attached hydrogen (secondary N) is 1. The van der Waals surface area contributed by atoms with Crippen LogP contribution in [0.15, 0.2) is 27.4 Å². The zero-order chi connectivity index (χ0) is 16.4. The predicted molar refractivity (Wildman–Crippen MR) is 90.3 cm³/mol. The molecule has 3 heterocycles.